The van der Waals surface area contributed by atoms with Crippen LogP contribution in [0.4, 0.5) is 11.4 Å². The van der Waals surface area contributed by atoms with Crippen molar-refractivity contribution in [3.63, 3.8) is 0 Å². The highest BCUT2D eigenvalue weighted by Gasteiger charge is 2.30. The van der Waals surface area contributed by atoms with Gasteiger partial charge < -0.3 is 15.5 Å². The summed E-state index contributed by atoms with van der Waals surface area (Å²) in [6.45, 7) is 5.60. The molecule has 1 heterocycles. The van der Waals surface area contributed by atoms with Gasteiger partial charge in [-0.2, -0.15) is 0 Å². The van der Waals surface area contributed by atoms with Crippen LogP contribution in [-0.2, 0) is 0 Å². The van der Waals surface area contributed by atoms with E-state index >= 15 is 0 Å². The van der Waals surface area contributed by atoms with Crippen LogP contribution in [0, 0.1) is 5.92 Å². The standard InChI is InChI=1S/C15H25N3/c1-11-12(2)18(10-9-15(11)16)14-7-5-13(6-8-14)17(3)4/h5-8,11-12,15H,9-10,16H2,1-4H3. The van der Waals surface area contributed by atoms with Crippen molar-refractivity contribution in [2.24, 2.45) is 11.7 Å². The zero-order valence-corrected chi connectivity index (χ0v) is 11.9. The summed E-state index contributed by atoms with van der Waals surface area (Å²) >= 11 is 0. The van der Waals surface area contributed by atoms with Crippen LogP contribution in [0.15, 0.2) is 24.3 Å². The molecule has 0 radical (unpaired) electrons. The van der Waals surface area contributed by atoms with Crippen LogP contribution in [0.3, 0.4) is 0 Å². The molecular weight excluding hydrogens is 222 g/mol. The fourth-order valence-electron chi connectivity index (χ4n) is 2.70. The smallest absolute Gasteiger partial charge is 0.0370 e. The molecule has 1 aliphatic heterocycles. The summed E-state index contributed by atoms with van der Waals surface area (Å²) in [4.78, 5) is 4.61. The van der Waals surface area contributed by atoms with Gasteiger partial charge in [0.05, 0.1) is 0 Å². The van der Waals surface area contributed by atoms with Gasteiger partial charge in [0.1, 0.15) is 0 Å². The molecule has 1 aromatic carbocycles. The Bertz CT molecular complexity index is 385. The number of benzene rings is 1. The number of nitrogens with two attached hydrogens (primary N) is 1. The lowest BCUT2D eigenvalue weighted by Crippen LogP contribution is -2.51. The minimum Gasteiger partial charge on any atom is -0.378 e. The van der Waals surface area contributed by atoms with Gasteiger partial charge in [0, 0.05) is 44.1 Å². The van der Waals surface area contributed by atoms with E-state index in [4.69, 9.17) is 5.73 Å². The summed E-state index contributed by atoms with van der Waals surface area (Å²) in [5.41, 5.74) is 8.70. The molecule has 100 valence electrons. The zero-order chi connectivity index (χ0) is 13.3. The second-order valence-corrected chi connectivity index (χ2v) is 5.66. The van der Waals surface area contributed by atoms with E-state index in [1.807, 2.05) is 0 Å². The highest BCUT2D eigenvalue weighted by atomic mass is 15.2. The molecular formula is C15H25N3. The molecule has 3 nitrogen and oxygen atoms in total. The molecule has 0 amide bonds. The van der Waals surface area contributed by atoms with Gasteiger partial charge in [0.2, 0.25) is 0 Å². The minimum atomic E-state index is 0.345. The number of piperidine rings is 1. The molecule has 0 aliphatic carbocycles. The van der Waals surface area contributed by atoms with Crippen LogP contribution in [0.1, 0.15) is 20.3 Å². The van der Waals surface area contributed by atoms with Crippen molar-refractivity contribution in [1.29, 1.82) is 0 Å². The summed E-state index contributed by atoms with van der Waals surface area (Å²) in [7, 11) is 4.14. The maximum atomic E-state index is 6.14. The predicted molar refractivity (Wildman–Crippen MR) is 79.3 cm³/mol. The molecule has 0 saturated carbocycles. The van der Waals surface area contributed by atoms with E-state index in [1.165, 1.54) is 11.4 Å². The van der Waals surface area contributed by atoms with Crippen LogP contribution >= 0.6 is 0 Å². The maximum Gasteiger partial charge on any atom is 0.0370 e. The normalized spacial score (nSPS) is 28.3. The van der Waals surface area contributed by atoms with E-state index in [0.29, 0.717) is 18.0 Å². The Labute approximate surface area is 111 Å². The van der Waals surface area contributed by atoms with Gasteiger partial charge in [0.15, 0.2) is 0 Å². The average molecular weight is 247 g/mol. The molecule has 3 heteroatoms. The lowest BCUT2D eigenvalue weighted by molar-refractivity contribution is 0.315. The third-order valence-corrected chi connectivity index (χ3v) is 4.33. The predicted octanol–water partition coefficient (Wildman–Crippen LogP) is 2.31. The van der Waals surface area contributed by atoms with E-state index in [0.717, 1.165) is 13.0 Å². The molecule has 1 aromatic rings. The van der Waals surface area contributed by atoms with E-state index in [1.54, 1.807) is 0 Å². The first-order chi connectivity index (χ1) is 8.50. The van der Waals surface area contributed by atoms with Gasteiger partial charge in [-0.1, -0.05) is 6.92 Å². The molecule has 3 atom stereocenters. The summed E-state index contributed by atoms with van der Waals surface area (Å²) in [6, 6.07) is 9.66. The highest BCUT2D eigenvalue weighted by Crippen LogP contribution is 2.29. The summed E-state index contributed by atoms with van der Waals surface area (Å²) in [5, 5.41) is 0. The minimum absolute atomic E-state index is 0.345. The zero-order valence-electron chi connectivity index (χ0n) is 11.9. The molecule has 0 spiro atoms. The first kappa shape index (κ1) is 13.2. The van der Waals surface area contributed by atoms with Crippen molar-refractivity contribution in [2.45, 2.75) is 32.4 Å². The maximum absolute atomic E-state index is 6.14. The van der Waals surface area contributed by atoms with Crippen LogP contribution < -0.4 is 15.5 Å². The number of hydrogen-bond acceptors (Lipinski definition) is 3. The van der Waals surface area contributed by atoms with E-state index < -0.39 is 0 Å². The SMILES string of the molecule is CC1C(N)CCN(c2ccc(N(C)C)cc2)C1C. The van der Waals surface area contributed by atoms with Gasteiger partial charge in [-0.05, 0) is 43.5 Å². The Morgan fingerprint density at radius 2 is 1.78 bits per heavy atom. The van der Waals surface area contributed by atoms with E-state index in [2.05, 4.69) is 62.0 Å². The quantitative estimate of drug-likeness (QED) is 0.870. The van der Waals surface area contributed by atoms with Gasteiger partial charge in [-0.25, -0.2) is 0 Å². The second-order valence-electron chi connectivity index (χ2n) is 5.66. The van der Waals surface area contributed by atoms with Gasteiger partial charge >= 0.3 is 0 Å². The lowest BCUT2D eigenvalue weighted by atomic mass is 9.87. The molecule has 1 fully saturated rings. The van der Waals surface area contributed by atoms with Crippen LogP contribution in [0.25, 0.3) is 0 Å². The molecule has 3 unspecified atom stereocenters. The number of anilines is 2. The van der Waals surface area contributed by atoms with Crippen molar-refractivity contribution < 1.29 is 0 Å². The number of nitrogens with zero attached hydrogens (tertiary/aromatic N) is 2. The third-order valence-electron chi connectivity index (χ3n) is 4.33. The molecule has 18 heavy (non-hydrogen) atoms. The van der Waals surface area contributed by atoms with Crippen LogP contribution in [-0.4, -0.2) is 32.7 Å². The first-order valence-corrected chi connectivity index (χ1v) is 6.80. The van der Waals surface area contributed by atoms with Crippen LogP contribution in [0.2, 0.25) is 0 Å². The molecule has 1 saturated heterocycles. The highest BCUT2D eigenvalue weighted by molar-refractivity contribution is 5.56. The molecule has 0 aromatic heterocycles. The molecule has 0 bridgehead atoms. The Balaban J connectivity index is 2.16. The fraction of sp³-hybridized carbons (Fsp3) is 0.600. The fourth-order valence-corrected chi connectivity index (χ4v) is 2.70. The van der Waals surface area contributed by atoms with Gasteiger partial charge in [-0.3, -0.25) is 0 Å². The van der Waals surface area contributed by atoms with Gasteiger partial charge in [-0.15, -0.1) is 0 Å². The van der Waals surface area contributed by atoms with E-state index in [9.17, 15) is 0 Å². The van der Waals surface area contributed by atoms with Crippen molar-refractivity contribution in [1.82, 2.24) is 0 Å². The molecule has 2 N–H and O–H groups in total. The molecule has 2 rings (SSSR count). The van der Waals surface area contributed by atoms with Crippen molar-refractivity contribution in [3.8, 4) is 0 Å². The molecule has 1 aliphatic rings. The van der Waals surface area contributed by atoms with Crippen molar-refractivity contribution in [2.75, 3.05) is 30.4 Å². The average Bonchev–Trinajstić information content (AvgIpc) is 2.36. The summed E-state index contributed by atoms with van der Waals surface area (Å²) < 4.78 is 0. The monoisotopic (exact) mass is 247 g/mol. The first-order valence-electron chi connectivity index (χ1n) is 6.80. The summed E-state index contributed by atoms with van der Waals surface area (Å²) in [5.74, 6) is 0.548. The largest absolute Gasteiger partial charge is 0.378 e. The Kier molecular flexibility index (Phi) is 3.81. The van der Waals surface area contributed by atoms with Crippen molar-refractivity contribution >= 4 is 11.4 Å². The number of hydrogen-bond donors (Lipinski definition) is 1. The number of rotatable bonds is 2. The van der Waals surface area contributed by atoms with E-state index in [-0.39, 0.29) is 0 Å². The Morgan fingerprint density at radius 3 is 2.33 bits per heavy atom. The van der Waals surface area contributed by atoms with Crippen LogP contribution in [0.5, 0.6) is 0 Å². The Hall–Kier alpha value is -1.22. The van der Waals surface area contributed by atoms with Crippen molar-refractivity contribution in [3.05, 3.63) is 24.3 Å². The summed E-state index contributed by atoms with van der Waals surface area (Å²) in [6.07, 6.45) is 1.08. The second kappa shape index (κ2) is 5.19. The third kappa shape index (κ3) is 2.46. The lowest BCUT2D eigenvalue weighted by Gasteiger charge is -2.43. The Morgan fingerprint density at radius 1 is 1.17 bits per heavy atom. The van der Waals surface area contributed by atoms with Gasteiger partial charge in [0.25, 0.3) is 0 Å². The topological polar surface area (TPSA) is 32.5 Å².